The van der Waals surface area contributed by atoms with E-state index in [0.29, 0.717) is 12.8 Å². The highest BCUT2D eigenvalue weighted by atomic mass is 16.4. The minimum atomic E-state index is -0.841. The van der Waals surface area contributed by atoms with E-state index in [1.165, 1.54) is 0 Å². The molecular formula is C15H27NO3. The van der Waals surface area contributed by atoms with Crippen LogP contribution >= 0.6 is 0 Å². The number of carboxylic acids is 1. The van der Waals surface area contributed by atoms with Gasteiger partial charge in [0.15, 0.2) is 0 Å². The molecule has 0 aromatic carbocycles. The van der Waals surface area contributed by atoms with Crippen LogP contribution in [0.4, 0.5) is 0 Å². The smallest absolute Gasteiger partial charge is 0.307 e. The number of carboxylic acid groups (broad SMARTS) is 1. The van der Waals surface area contributed by atoms with Gasteiger partial charge in [-0.3, -0.25) is 9.59 Å². The summed E-state index contributed by atoms with van der Waals surface area (Å²) in [5.74, 6) is -1.81. The van der Waals surface area contributed by atoms with Crippen LogP contribution in [0.3, 0.4) is 0 Å². The molecule has 0 aliphatic heterocycles. The fourth-order valence-electron chi connectivity index (χ4n) is 3.37. The van der Waals surface area contributed by atoms with Crippen LogP contribution in [0.1, 0.15) is 60.3 Å². The molecule has 0 spiro atoms. The predicted molar refractivity (Wildman–Crippen MR) is 74.8 cm³/mol. The number of rotatable bonds is 4. The zero-order valence-corrected chi connectivity index (χ0v) is 12.7. The highest BCUT2D eigenvalue weighted by Crippen LogP contribution is 2.33. The SMILES string of the molecule is CC(C)(C)CC(C)(C)NC(=O)C1CCCC1C(=O)O. The normalized spacial score (nSPS) is 24.3. The van der Waals surface area contributed by atoms with E-state index in [2.05, 4.69) is 26.1 Å². The maximum atomic E-state index is 12.3. The van der Waals surface area contributed by atoms with Crippen LogP contribution in [0.25, 0.3) is 0 Å². The number of aliphatic carboxylic acids is 1. The van der Waals surface area contributed by atoms with Crippen molar-refractivity contribution in [3.8, 4) is 0 Å². The highest BCUT2D eigenvalue weighted by molar-refractivity contribution is 5.85. The van der Waals surface area contributed by atoms with Crippen molar-refractivity contribution < 1.29 is 14.7 Å². The van der Waals surface area contributed by atoms with Gasteiger partial charge in [-0.15, -0.1) is 0 Å². The molecule has 1 rings (SSSR count). The lowest BCUT2D eigenvalue weighted by atomic mass is 9.81. The quantitative estimate of drug-likeness (QED) is 0.824. The first kappa shape index (κ1) is 16.0. The second-order valence-electron chi connectivity index (χ2n) is 7.59. The Kier molecular flexibility index (Phi) is 4.64. The van der Waals surface area contributed by atoms with Crippen LogP contribution < -0.4 is 5.32 Å². The van der Waals surface area contributed by atoms with Crippen LogP contribution in [0.15, 0.2) is 0 Å². The Hall–Kier alpha value is -1.06. The summed E-state index contributed by atoms with van der Waals surface area (Å²) >= 11 is 0. The summed E-state index contributed by atoms with van der Waals surface area (Å²) in [5, 5.41) is 12.2. The number of carbonyl (C=O) groups excluding carboxylic acids is 1. The summed E-state index contributed by atoms with van der Waals surface area (Å²) in [6.45, 7) is 10.4. The molecule has 1 amide bonds. The molecule has 1 aliphatic rings. The van der Waals surface area contributed by atoms with Gasteiger partial charge in [0.05, 0.1) is 11.8 Å². The van der Waals surface area contributed by atoms with Crippen molar-refractivity contribution in [2.75, 3.05) is 0 Å². The first-order chi connectivity index (χ1) is 8.52. The van der Waals surface area contributed by atoms with Crippen molar-refractivity contribution in [3.05, 3.63) is 0 Å². The van der Waals surface area contributed by atoms with Crippen molar-refractivity contribution in [1.82, 2.24) is 5.32 Å². The Labute approximate surface area is 116 Å². The molecule has 1 saturated carbocycles. The zero-order chi connectivity index (χ0) is 14.8. The lowest BCUT2D eigenvalue weighted by Gasteiger charge is -2.34. The first-order valence-electron chi connectivity index (χ1n) is 7.07. The monoisotopic (exact) mass is 269 g/mol. The Morgan fingerprint density at radius 2 is 1.63 bits per heavy atom. The molecule has 2 unspecified atom stereocenters. The number of hydrogen-bond donors (Lipinski definition) is 2. The second-order valence-corrected chi connectivity index (χ2v) is 7.59. The Balaban J connectivity index is 2.66. The third-order valence-electron chi connectivity index (χ3n) is 3.60. The van der Waals surface area contributed by atoms with E-state index in [9.17, 15) is 9.59 Å². The standard InChI is InChI=1S/C15H27NO3/c1-14(2,3)9-15(4,5)16-12(17)10-7-6-8-11(10)13(18)19/h10-11H,6-9H2,1-5H3,(H,16,17)(H,18,19). The summed E-state index contributed by atoms with van der Waals surface area (Å²) in [4.78, 5) is 23.4. The number of carbonyl (C=O) groups is 2. The van der Waals surface area contributed by atoms with Crippen molar-refractivity contribution in [3.63, 3.8) is 0 Å². The van der Waals surface area contributed by atoms with Gasteiger partial charge in [-0.25, -0.2) is 0 Å². The van der Waals surface area contributed by atoms with Crippen LogP contribution in [-0.4, -0.2) is 22.5 Å². The molecule has 2 atom stereocenters. The van der Waals surface area contributed by atoms with E-state index in [-0.39, 0.29) is 22.8 Å². The Morgan fingerprint density at radius 1 is 1.11 bits per heavy atom. The summed E-state index contributed by atoms with van der Waals surface area (Å²) in [6.07, 6.45) is 2.99. The molecule has 1 aliphatic carbocycles. The molecule has 0 saturated heterocycles. The van der Waals surface area contributed by atoms with Gasteiger partial charge in [0.25, 0.3) is 0 Å². The number of amides is 1. The summed E-state index contributed by atoms with van der Waals surface area (Å²) in [5.41, 5.74) is -0.181. The molecule has 0 bridgehead atoms. The maximum Gasteiger partial charge on any atom is 0.307 e. The fourth-order valence-corrected chi connectivity index (χ4v) is 3.37. The van der Waals surface area contributed by atoms with Crippen molar-refractivity contribution in [2.24, 2.45) is 17.3 Å². The van der Waals surface area contributed by atoms with Crippen molar-refractivity contribution in [1.29, 1.82) is 0 Å². The van der Waals surface area contributed by atoms with E-state index in [4.69, 9.17) is 5.11 Å². The Morgan fingerprint density at radius 3 is 2.11 bits per heavy atom. The highest BCUT2D eigenvalue weighted by Gasteiger charge is 2.39. The van der Waals surface area contributed by atoms with Crippen LogP contribution in [-0.2, 0) is 9.59 Å². The van der Waals surface area contributed by atoms with Gasteiger partial charge in [0.1, 0.15) is 0 Å². The lowest BCUT2D eigenvalue weighted by molar-refractivity contribution is -0.146. The summed E-state index contributed by atoms with van der Waals surface area (Å²) in [7, 11) is 0. The van der Waals surface area contributed by atoms with Gasteiger partial charge < -0.3 is 10.4 Å². The van der Waals surface area contributed by atoms with Crippen LogP contribution in [0, 0.1) is 17.3 Å². The van der Waals surface area contributed by atoms with Gasteiger partial charge in [-0.2, -0.15) is 0 Å². The second kappa shape index (κ2) is 5.51. The fraction of sp³-hybridized carbons (Fsp3) is 0.867. The van der Waals surface area contributed by atoms with Crippen molar-refractivity contribution in [2.45, 2.75) is 65.8 Å². The topological polar surface area (TPSA) is 66.4 Å². The maximum absolute atomic E-state index is 12.3. The molecule has 0 aromatic rings. The van der Waals surface area contributed by atoms with Crippen LogP contribution in [0.2, 0.25) is 0 Å². The summed E-state index contributed by atoms with van der Waals surface area (Å²) in [6, 6.07) is 0. The van der Waals surface area contributed by atoms with E-state index in [0.717, 1.165) is 12.8 Å². The molecule has 4 heteroatoms. The average Bonchev–Trinajstić information content (AvgIpc) is 2.59. The zero-order valence-electron chi connectivity index (χ0n) is 12.7. The summed E-state index contributed by atoms with van der Waals surface area (Å²) < 4.78 is 0. The molecule has 110 valence electrons. The molecule has 0 heterocycles. The van der Waals surface area contributed by atoms with Gasteiger partial charge in [0, 0.05) is 5.54 Å². The van der Waals surface area contributed by atoms with E-state index < -0.39 is 11.9 Å². The van der Waals surface area contributed by atoms with Crippen molar-refractivity contribution >= 4 is 11.9 Å². The molecule has 1 fully saturated rings. The van der Waals surface area contributed by atoms with Gasteiger partial charge >= 0.3 is 5.97 Å². The van der Waals surface area contributed by atoms with Gasteiger partial charge in [-0.05, 0) is 38.5 Å². The Bertz CT molecular complexity index is 355. The molecule has 2 N–H and O–H groups in total. The predicted octanol–water partition coefficient (Wildman–Crippen LogP) is 2.82. The lowest BCUT2D eigenvalue weighted by Crippen LogP contribution is -2.49. The van der Waals surface area contributed by atoms with Crippen LogP contribution in [0.5, 0.6) is 0 Å². The molecule has 4 nitrogen and oxygen atoms in total. The average molecular weight is 269 g/mol. The third kappa shape index (κ3) is 4.84. The molecule has 19 heavy (non-hydrogen) atoms. The van der Waals surface area contributed by atoms with E-state index in [1.54, 1.807) is 0 Å². The molecular weight excluding hydrogens is 242 g/mol. The number of hydrogen-bond acceptors (Lipinski definition) is 2. The minimum Gasteiger partial charge on any atom is -0.481 e. The largest absolute Gasteiger partial charge is 0.481 e. The third-order valence-corrected chi connectivity index (χ3v) is 3.60. The van der Waals surface area contributed by atoms with Gasteiger partial charge in [0.2, 0.25) is 5.91 Å². The molecule has 0 aromatic heterocycles. The first-order valence-corrected chi connectivity index (χ1v) is 7.07. The molecule has 0 radical (unpaired) electrons. The van der Waals surface area contributed by atoms with E-state index in [1.807, 2.05) is 13.8 Å². The van der Waals surface area contributed by atoms with Gasteiger partial charge in [-0.1, -0.05) is 27.2 Å². The minimum absolute atomic E-state index is 0.0980. The van der Waals surface area contributed by atoms with E-state index >= 15 is 0 Å². The number of nitrogens with one attached hydrogen (secondary N) is 1.